The van der Waals surface area contributed by atoms with Crippen LogP contribution in [0.25, 0.3) is 0 Å². The third-order valence-electron chi connectivity index (χ3n) is 1.91. The van der Waals surface area contributed by atoms with Gasteiger partial charge in [0.25, 0.3) is 0 Å². The molecule has 1 N–H and O–H groups in total. The Hall–Kier alpha value is -1.39. The van der Waals surface area contributed by atoms with E-state index in [1.165, 1.54) is 6.20 Å². The van der Waals surface area contributed by atoms with Gasteiger partial charge in [0.15, 0.2) is 0 Å². The first kappa shape index (κ1) is 11.1. The summed E-state index contributed by atoms with van der Waals surface area (Å²) in [6, 6.07) is 7.22. The summed E-state index contributed by atoms with van der Waals surface area (Å²) in [5.41, 5.74) is 0. The van der Waals surface area contributed by atoms with Crippen LogP contribution in [-0.4, -0.2) is 10.9 Å². The molecule has 1 amide bonds. The number of halogens is 1. The predicted molar refractivity (Wildman–Crippen MR) is 65.9 cm³/mol. The van der Waals surface area contributed by atoms with Gasteiger partial charge in [0, 0.05) is 11.1 Å². The first-order chi connectivity index (χ1) is 7.74. The van der Waals surface area contributed by atoms with E-state index in [4.69, 9.17) is 11.6 Å². The number of nitrogens with one attached hydrogen (secondary N) is 1. The second-order valence-electron chi connectivity index (χ2n) is 3.17. The fourth-order valence-corrected chi connectivity index (χ4v) is 2.02. The van der Waals surface area contributed by atoms with Crippen molar-refractivity contribution in [2.45, 2.75) is 6.42 Å². The summed E-state index contributed by atoms with van der Waals surface area (Å²) in [5, 5.41) is 5.21. The molecule has 0 aromatic carbocycles. The van der Waals surface area contributed by atoms with Crippen LogP contribution in [0.4, 0.5) is 5.82 Å². The highest BCUT2D eigenvalue weighted by atomic mass is 35.5. The van der Waals surface area contributed by atoms with E-state index in [1.807, 2.05) is 17.5 Å². The van der Waals surface area contributed by atoms with Gasteiger partial charge in [-0.2, -0.15) is 0 Å². The molecule has 0 saturated carbocycles. The molecule has 0 fully saturated rings. The molecule has 0 atom stereocenters. The van der Waals surface area contributed by atoms with Gasteiger partial charge in [-0.15, -0.1) is 11.3 Å². The van der Waals surface area contributed by atoms with E-state index in [-0.39, 0.29) is 5.91 Å². The summed E-state index contributed by atoms with van der Waals surface area (Å²) in [6.45, 7) is 0. The van der Waals surface area contributed by atoms with Gasteiger partial charge < -0.3 is 5.32 Å². The molecule has 3 nitrogen and oxygen atoms in total. The molecule has 0 aliphatic rings. The van der Waals surface area contributed by atoms with Crippen molar-refractivity contribution in [1.82, 2.24) is 4.98 Å². The van der Waals surface area contributed by atoms with Gasteiger partial charge in [0.1, 0.15) is 5.82 Å². The number of pyridine rings is 1. The van der Waals surface area contributed by atoms with Crippen LogP contribution in [-0.2, 0) is 11.2 Å². The molecule has 0 radical (unpaired) electrons. The van der Waals surface area contributed by atoms with E-state index >= 15 is 0 Å². The molecule has 2 aromatic heterocycles. The topological polar surface area (TPSA) is 42.0 Å². The average Bonchev–Trinajstić information content (AvgIpc) is 2.74. The number of anilines is 1. The number of nitrogens with zero attached hydrogens (tertiary/aromatic N) is 1. The smallest absolute Gasteiger partial charge is 0.230 e. The highest BCUT2D eigenvalue weighted by Crippen LogP contribution is 2.12. The lowest BCUT2D eigenvalue weighted by molar-refractivity contribution is -0.115. The zero-order valence-electron chi connectivity index (χ0n) is 8.31. The van der Waals surface area contributed by atoms with E-state index in [1.54, 1.807) is 23.5 Å². The largest absolute Gasteiger partial charge is 0.310 e. The van der Waals surface area contributed by atoms with E-state index in [0.717, 1.165) is 4.88 Å². The zero-order chi connectivity index (χ0) is 11.4. The van der Waals surface area contributed by atoms with Gasteiger partial charge >= 0.3 is 0 Å². The number of carbonyl (C=O) groups is 1. The van der Waals surface area contributed by atoms with Crippen LogP contribution in [0.3, 0.4) is 0 Å². The van der Waals surface area contributed by atoms with Gasteiger partial charge in [-0.25, -0.2) is 4.98 Å². The summed E-state index contributed by atoms with van der Waals surface area (Å²) in [6.07, 6.45) is 1.88. The van der Waals surface area contributed by atoms with E-state index in [9.17, 15) is 4.79 Å². The molecule has 2 heterocycles. The number of thiophene rings is 1. The lowest BCUT2D eigenvalue weighted by Crippen LogP contribution is -2.14. The van der Waals surface area contributed by atoms with Gasteiger partial charge in [-0.05, 0) is 23.6 Å². The van der Waals surface area contributed by atoms with Crippen LogP contribution in [0.15, 0.2) is 35.8 Å². The summed E-state index contributed by atoms with van der Waals surface area (Å²) in [5.74, 6) is 0.447. The average molecular weight is 253 g/mol. The summed E-state index contributed by atoms with van der Waals surface area (Å²) < 4.78 is 0. The van der Waals surface area contributed by atoms with Gasteiger partial charge in [0.05, 0.1) is 11.4 Å². The molecular formula is C11H9ClN2OS. The first-order valence-electron chi connectivity index (χ1n) is 4.68. The zero-order valence-corrected chi connectivity index (χ0v) is 9.89. The van der Waals surface area contributed by atoms with Crippen molar-refractivity contribution in [2.24, 2.45) is 0 Å². The Morgan fingerprint density at radius 1 is 1.44 bits per heavy atom. The molecular weight excluding hydrogens is 244 g/mol. The lowest BCUT2D eigenvalue weighted by atomic mass is 10.3. The van der Waals surface area contributed by atoms with Crippen LogP contribution in [0.5, 0.6) is 0 Å². The van der Waals surface area contributed by atoms with Crippen molar-refractivity contribution in [2.75, 3.05) is 5.32 Å². The summed E-state index contributed by atoms with van der Waals surface area (Å²) in [4.78, 5) is 16.6. The molecule has 2 rings (SSSR count). The second-order valence-corrected chi connectivity index (χ2v) is 4.63. The Morgan fingerprint density at radius 3 is 2.94 bits per heavy atom. The van der Waals surface area contributed by atoms with Crippen molar-refractivity contribution in [3.8, 4) is 0 Å². The quantitative estimate of drug-likeness (QED) is 0.913. The maximum absolute atomic E-state index is 11.6. The van der Waals surface area contributed by atoms with Crippen LogP contribution in [0.1, 0.15) is 4.88 Å². The van der Waals surface area contributed by atoms with Crippen LogP contribution < -0.4 is 5.32 Å². The number of hydrogen-bond donors (Lipinski definition) is 1. The molecule has 0 unspecified atom stereocenters. The Kier molecular flexibility index (Phi) is 3.54. The van der Waals surface area contributed by atoms with Crippen LogP contribution in [0, 0.1) is 0 Å². The fraction of sp³-hybridized carbons (Fsp3) is 0.0909. The SMILES string of the molecule is O=C(Cc1cccs1)Nc1ccc(Cl)cn1. The van der Waals surface area contributed by atoms with Crippen molar-refractivity contribution >= 4 is 34.7 Å². The maximum Gasteiger partial charge on any atom is 0.230 e. The van der Waals surface area contributed by atoms with Crippen molar-refractivity contribution in [3.05, 3.63) is 45.7 Å². The first-order valence-corrected chi connectivity index (χ1v) is 5.93. The Labute approximate surface area is 102 Å². The molecule has 0 aliphatic heterocycles. The van der Waals surface area contributed by atoms with Gasteiger partial charge in [-0.1, -0.05) is 17.7 Å². The predicted octanol–water partition coefficient (Wildman–Crippen LogP) is 2.98. The number of hydrogen-bond acceptors (Lipinski definition) is 3. The van der Waals surface area contributed by atoms with Crippen LogP contribution in [0.2, 0.25) is 5.02 Å². The van der Waals surface area contributed by atoms with E-state index in [2.05, 4.69) is 10.3 Å². The second kappa shape index (κ2) is 5.09. The minimum atomic E-state index is -0.0720. The Balaban J connectivity index is 1.95. The number of carbonyl (C=O) groups excluding carboxylic acids is 1. The monoisotopic (exact) mass is 252 g/mol. The fourth-order valence-electron chi connectivity index (χ4n) is 1.21. The molecule has 2 aromatic rings. The molecule has 0 saturated heterocycles. The third kappa shape index (κ3) is 3.05. The molecule has 0 aliphatic carbocycles. The minimum absolute atomic E-state index is 0.0720. The molecule has 82 valence electrons. The number of amides is 1. The Bertz CT molecular complexity index is 467. The highest BCUT2D eigenvalue weighted by molar-refractivity contribution is 7.10. The van der Waals surface area contributed by atoms with E-state index < -0.39 is 0 Å². The van der Waals surface area contributed by atoms with Crippen molar-refractivity contribution in [1.29, 1.82) is 0 Å². The normalized spacial score (nSPS) is 10.1. The third-order valence-corrected chi connectivity index (χ3v) is 3.01. The number of rotatable bonds is 3. The van der Waals surface area contributed by atoms with Crippen molar-refractivity contribution < 1.29 is 4.79 Å². The summed E-state index contributed by atoms with van der Waals surface area (Å²) in [7, 11) is 0. The highest BCUT2D eigenvalue weighted by Gasteiger charge is 2.05. The minimum Gasteiger partial charge on any atom is -0.310 e. The number of aromatic nitrogens is 1. The van der Waals surface area contributed by atoms with Gasteiger partial charge in [0.2, 0.25) is 5.91 Å². The van der Waals surface area contributed by atoms with Crippen LogP contribution >= 0.6 is 22.9 Å². The van der Waals surface area contributed by atoms with E-state index in [0.29, 0.717) is 17.3 Å². The molecule has 16 heavy (non-hydrogen) atoms. The standard InChI is InChI=1S/C11H9ClN2OS/c12-8-3-4-10(13-7-8)14-11(15)6-9-2-1-5-16-9/h1-5,7H,6H2,(H,13,14,15). The Morgan fingerprint density at radius 2 is 2.31 bits per heavy atom. The lowest BCUT2D eigenvalue weighted by Gasteiger charge is -2.02. The van der Waals surface area contributed by atoms with Crippen molar-refractivity contribution in [3.63, 3.8) is 0 Å². The molecule has 5 heteroatoms. The molecule has 0 bridgehead atoms. The summed E-state index contributed by atoms with van der Waals surface area (Å²) >= 11 is 7.25. The van der Waals surface area contributed by atoms with Gasteiger partial charge in [-0.3, -0.25) is 4.79 Å². The molecule has 0 spiro atoms. The maximum atomic E-state index is 11.6.